The summed E-state index contributed by atoms with van der Waals surface area (Å²) in [6.07, 6.45) is 0.708. The number of benzene rings is 1. The summed E-state index contributed by atoms with van der Waals surface area (Å²) >= 11 is 5.64. The van der Waals surface area contributed by atoms with Crippen molar-refractivity contribution in [2.75, 3.05) is 5.43 Å². The number of nitrogens with one attached hydrogen (secondary N) is 1. The van der Waals surface area contributed by atoms with Crippen LogP contribution in [-0.2, 0) is 0 Å². The van der Waals surface area contributed by atoms with Crippen molar-refractivity contribution in [3.8, 4) is 0 Å². The van der Waals surface area contributed by atoms with Crippen LogP contribution in [-0.4, -0.2) is 15.9 Å². The van der Waals surface area contributed by atoms with Gasteiger partial charge in [-0.2, -0.15) is 5.10 Å². The van der Waals surface area contributed by atoms with Gasteiger partial charge in [0.05, 0.1) is 5.71 Å². The summed E-state index contributed by atoms with van der Waals surface area (Å²) in [7, 11) is 0. The molecule has 1 N–H and O–H groups in total. The molecule has 0 saturated heterocycles. The predicted octanol–water partition coefficient (Wildman–Crippen LogP) is 3.50. The molecule has 0 bridgehead atoms. The maximum absolute atomic E-state index is 12.9. The number of hydrogen-bond acceptors (Lipinski definition) is 4. The minimum absolute atomic E-state index is 0.268. The first-order valence-electron chi connectivity index (χ1n) is 5.77. The quantitative estimate of drug-likeness (QED) is 0.688. The second kappa shape index (κ2) is 6.24. The summed E-state index contributed by atoms with van der Waals surface area (Å²) in [5.41, 5.74) is 4.46. The number of hydrogen-bond donors (Lipinski definition) is 1. The third-order valence-electron chi connectivity index (χ3n) is 2.45. The molecule has 0 aliphatic carbocycles. The Kier molecular flexibility index (Phi) is 4.41. The molecule has 0 fully saturated rings. The molecular weight excluding hydrogens is 267 g/mol. The Morgan fingerprint density at radius 1 is 1.21 bits per heavy atom. The maximum Gasteiger partial charge on any atom is 0.168 e. The Bertz CT molecular complexity index is 566. The van der Waals surface area contributed by atoms with Crippen LogP contribution in [0.15, 0.2) is 41.5 Å². The highest BCUT2D eigenvalue weighted by atomic mass is 35.5. The van der Waals surface area contributed by atoms with Gasteiger partial charge in [-0.1, -0.05) is 30.7 Å². The van der Waals surface area contributed by atoms with Crippen molar-refractivity contribution >= 4 is 23.1 Å². The molecule has 0 spiro atoms. The van der Waals surface area contributed by atoms with Gasteiger partial charge in [-0.25, -0.2) is 4.39 Å². The summed E-state index contributed by atoms with van der Waals surface area (Å²) in [5.74, 6) is 0.230. The van der Waals surface area contributed by atoms with Crippen molar-refractivity contribution in [3.63, 3.8) is 0 Å². The minimum atomic E-state index is -0.268. The maximum atomic E-state index is 12.9. The van der Waals surface area contributed by atoms with Crippen LogP contribution in [0.25, 0.3) is 0 Å². The highest BCUT2D eigenvalue weighted by Gasteiger charge is 2.02. The van der Waals surface area contributed by atoms with E-state index in [2.05, 4.69) is 20.7 Å². The van der Waals surface area contributed by atoms with Crippen LogP contribution < -0.4 is 5.43 Å². The lowest BCUT2D eigenvalue weighted by Gasteiger charge is -2.05. The molecule has 0 amide bonds. The van der Waals surface area contributed by atoms with E-state index in [9.17, 15) is 4.39 Å². The molecule has 0 atom stereocenters. The summed E-state index contributed by atoms with van der Waals surface area (Å²) < 4.78 is 12.9. The number of aromatic nitrogens is 2. The fourth-order valence-electron chi connectivity index (χ4n) is 1.49. The second-order valence-corrected chi connectivity index (χ2v) is 4.16. The van der Waals surface area contributed by atoms with E-state index in [-0.39, 0.29) is 5.82 Å². The number of rotatable bonds is 4. The van der Waals surface area contributed by atoms with Crippen LogP contribution in [0.3, 0.4) is 0 Å². The molecule has 2 aromatic rings. The zero-order chi connectivity index (χ0) is 13.7. The number of anilines is 1. The molecule has 98 valence electrons. The van der Waals surface area contributed by atoms with Crippen molar-refractivity contribution < 1.29 is 4.39 Å². The van der Waals surface area contributed by atoms with E-state index < -0.39 is 0 Å². The molecule has 1 heterocycles. The Morgan fingerprint density at radius 3 is 2.53 bits per heavy atom. The van der Waals surface area contributed by atoms with E-state index in [0.29, 0.717) is 17.4 Å². The van der Waals surface area contributed by atoms with Gasteiger partial charge in [-0.3, -0.25) is 5.43 Å². The van der Waals surface area contributed by atoms with Crippen LogP contribution in [0, 0.1) is 5.82 Å². The Labute approximate surface area is 115 Å². The zero-order valence-electron chi connectivity index (χ0n) is 10.3. The van der Waals surface area contributed by atoms with Crippen molar-refractivity contribution in [2.24, 2.45) is 5.10 Å². The predicted molar refractivity (Wildman–Crippen MR) is 73.9 cm³/mol. The largest absolute Gasteiger partial charge is 0.260 e. The van der Waals surface area contributed by atoms with E-state index in [0.717, 1.165) is 11.3 Å². The lowest BCUT2D eigenvalue weighted by atomic mass is 10.1. The van der Waals surface area contributed by atoms with Gasteiger partial charge in [0.25, 0.3) is 0 Å². The molecule has 0 saturated carbocycles. The minimum Gasteiger partial charge on any atom is -0.260 e. The lowest BCUT2D eigenvalue weighted by molar-refractivity contribution is 0.627. The van der Waals surface area contributed by atoms with Gasteiger partial charge in [0, 0.05) is 0 Å². The van der Waals surface area contributed by atoms with Crippen LogP contribution in [0.5, 0.6) is 0 Å². The molecule has 2 rings (SSSR count). The van der Waals surface area contributed by atoms with Crippen LogP contribution in [0.2, 0.25) is 5.15 Å². The normalized spacial score (nSPS) is 11.4. The Hall–Kier alpha value is -2.01. The van der Waals surface area contributed by atoms with Gasteiger partial charge in [0.1, 0.15) is 5.82 Å². The summed E-state index contributed by atoms with van der Waals surface area (Å²) in [5, 5.41) is 12.1. The van der Waals surface area contributed by atoms with Gasteiger partial charge in [-0.05, 0) is 36.2 Å². The van der Waals surface area contributed by atoms with E-state index >= 15 is 0 Å². The lowest BCUT2D eigenvalue weighted by Crippen LogP contribution is -2.04. The van der Waals surface area contributed by atoms with Gasteiger partial charge in [-0.15, -0.1) is 10.2 Å². The SMILES string of the molecule is CC/C(=N\Nc1ccc(Cl)nn1)c1ccc(F)cc1. The van der Waals surface area contributed by atoms with Crippen molar-refractivity contribution in [2.45, 2.75) is 13.3 Å². The number of halogens is 2. The molecule has 0 unspecified atom stereocenters. The van der Waals surface area contributed by atoms with Crippen molar-refractivity contribution in [1.82, 2.24) is 10.2 Å². The fourth-order valence-corrected chi connectivity index (χ4v) is 1.59. The van der Waals surface area contributed by atoms with Crippen molar-refractivity contribution in [3.05, 3.63) is 52.9 Å². The van der Waals surface area contributed by atoms with Crippen LogP contribution >= 0.6 is 11.6 Å². The number of hydrazone groups is 1. The van der Waals surface area contributed by atoms with Crippen molar-refractivity contribution in [1.29, 1.82) is 0 Å². The monoisotopic (exact) mass is 278 g/mol. The van der Waals surface area contributed by atoms with Gasteiger partial charge < -0.3 is 0 Å². The second-order valence-electron chi connectivity index (χ2n) is 3.77. The fraction of sp³-hybridized carbons (Fsp3) is 0.154. The molecule has 0 aliphatic rings. The molecule has 19 heavy (non-hydrogen) atoms. The molecule has 0 radical (unpaired) electrons. The summed E-state index contributed by atoms with van der Waals surface area (Å²) in [6, 6.07) is 9.48. The average Bonchev–Trinajstić information content (AvgIpc) is 2.43. The molecule has 1 aromatic heterocycles. The third-order valence-corrected chi connectivity index (χ3v) is 2.65. The van der Waals surface area contributed by atoms with Gasteiger partial charge in [0.2, 0.25) is 0 Å². The highest BCUT2D eigenvalue weighted by molar-refractivity contribution is 6.29. The summed E-state index contributed by atoms with van der Waals surface area (Å²) in [4.78, 5) is 0. The molecular formula is C13H12ClFN4. The van der Waals surface area contributed by atoms with Crippen LogP contribution in [0.1, 0.15) is 18.9 Å². The van der Waals surface area contributed by atoms with E-state index in [4.69, 9.17) is 11.6 Å². The Morgan fingerprint density at radius 2 is 1.95 bits per heavy atom. The highest BCUT2D eigenvalue weighted by Crippen LogP contribution is 2.09. The molecule has 6 heteroatoms. The molecule has 4 nitrogen and oxygen atoms in total. The summed E-state index contributed by atoms with van der Waals surface area (Å²) in [6.45, 7) is 1.97. The molecule has 1 aromatic carbocycles. The van der Waals surface area contributed by atoms with Gasteiger partial charge in [0.15, 0.2) is 11.0 Å². The third kappa shape index (κ3) is 3.72. The van der Waals surface area contributed by atoms with E-state index in [1.54, 1.807) is 24.3 Å². The zero-order valence-corrected chi connectivity index (χ0v) is 11.0. The first-order valence-corrected chi connectivity index (χ1v) is 6.14. The van der Waals surface area contributed by atoms with Gasteiger partial charge >= 0.3 is 0 Å². The first-order chi connectivity index (χ1) is 9.19. The van der Waals surface area contributed by atoms with E-state index in [1.807, 2.05) is 6.92 Å². The standard InChI is InChI=1S/C13H12ClFN4/c1-2-11(9-3-5-10(15)6-4-9)16-18-13-8-7-12(14)17-19-13/h3-8H,2H2,1H3,(H,18,19)/b16-11+. The number of nitrogens with zero attached hydrogens (tertiary/aromatic N) is 3. The topological polar surface area (TPSA) is 50.2 Å². The average molecular weight is 279 g/mol. The smallest absolute Gasteiger partial charge is 0.168 e. The van der Waals surface area contributed by atoms with E-state index in [1.165, 1.54) is 12.1 Å². The van der Waals surface area contributed by atoms with Crippen LogP contribution in [0.4, 0.5) is 10.2 Å². The molecule has 0 aliphatic heterocycles. The Balaban J connectivity index is 2.15. The first kappa shape index (κ1) is 13.4.